The van der Waals surface area contributed by atoms with Crippen LogP contribution < -0.4 is 5.73 Å². The van der Waals surface area contributed by atoms with Gasteiger partial charge in [0.15, 0.2) is 5.76 Å². The summed E-state index contributed by atoms with van der Waals surface area (Å²) < 4.78 is 5.36. The van der Waals surface area contributed by atoms with Gasteiger partial charge in [-0.1, -0.05) is 0 Å². The summed E-state index contributed by atoms with van der Waals surface area (Å²) in [6, 6.07) is 9.13. The van der Waals surface area contributed by atoms with Crippen LogP contribution in [0.1, 0.15) is 16.8 Å². The third kappa shape index (κ3) is 2.62. The van der Waals surface area contributed by atoms with Crippen molar-refractivity contribution in [2.75, 3.05) is 5.73 Å². The Morgan fingerprint density at radius 1 is 1.21 bits per heavy atom. The fourth-order valence-corrected chi connectivity index (χ4v) is 2.87. The summed E-state index contributed by atoms with van der Waals surface area (Å²) in [5.41, 5.74) is 9.99. The Morgan fingerprint density at radius 2 is 2.08 bits per heavy atom. The number of aromatic nitrogens is 2. The molecule has 0 spiro atoms. The van der Waals surface area contributed by atoms with Crippen molar-refractivity contribution in [3.05, 3.63) is 65.8 Å². The summed E-state index contributed by atoms with van der Waals surface area (Å²) >= 11 is 0. The number of anilines is 1. The zero-order valence-corrected chi connectivity index (χ0v) is 13.0. The Morgan fingerprint density at radius 3 is 2.88 bits per heavy atom. The lowest BCUT2D eigenvalue weighted by atomic mass is 10.2. The van der Waals surface area contributed by atoms with E-state index in [0.717, 1.165) is 11.1 Å². The van der Waals surface area contributed by atoms with Crippen LogP contribution in [-0.4, -0.2) is 20.8 Å². The lowest BCUT2D eigenvalue weighted by Crippen LogP contribution is -2.27. The van der Waals surface area contributed by atoms with E-state index in [1.165, 1.54) is 0 Å². The van der Waals surface area contributed by atoms with Gasteiger partial charge in [0.2, 0.25) is 5.91 Å². The number of rotatable bonds is 3. The molecule has 0 aromatic carbocycles. The molecule has 0 atom stereocenters. The first-order valence-electron chi connectivity index (χ1n) is 7.69. The summed E-state index contributed by atoms with van der Waals surface area (Å²) in [6.45, 7) is 1.19. The van der Waals surface area contributed by atoms with Crippen LogP contribution in [0, 0.1) is 0 Å². The van der Waals surface area contributed by atoms with Gasteiger partial charge in [-0.3, -0.25) is 9.78 Å². The SMILES string of the molecule is Nc1ccc(-c2ccco2)nc1CC(=O)N1Cc2ccncc2C1. The Balaban J connectivity index is 1.53. The standard InChI is InChI=1S/C18H16N4O2/c19-14-3-4-15(17-2-1-7-24-17)21-16(14)8-18(23)22-10-12-5-6-20-9-13(12)11-22/h1-7,9H,8,10-11,19H2. The van der Waals surface area contributed by atoms with Gasteiger partial charge < -0.3 is 15.1 Å². The highest BCUT2D eigenvalue weighted by molar-refractivity contribution is 5.80. The lowest BCUT2D eigenvalue weighted by Gasteiger charge is -2.16. The van der Waals surface area contributed by atoms with Crippen LogP contribution in [0.3, 0.4) is 0 Å². The van der Waals surface area contributed by atoms with E-state index in [1.54, 1.807) is 35.6 Å². The molecular weight excluding hydrogens is 304 g/mol. The van der Waals surface area contributed by atoms with Crippen LogP contribution in [0.4, 0.5) is 5.69 Å². The van der Waals surface area contributed by atoms with Crippen molar-refractivity contribution in [1.82, 2.24) is 14.9 Å². The van der Waals surface area contributed by atoms with E-state index in [2.05, 4.69) is 9.97 Å². The highest BCUT2D eigenvalue weighted by Gasteiger charge is 2.24. The average Bonchev–Trinajstić information content (AvgIpc) is 3.26. The maximum absolute atomic E-state index is 12.6. The second-order valence-electron chi connectivity index (χ2n) is 5.78. The van der Waals surface area contributed by atoms with Crippen molar-refractivity contribution < 1.29 is 9.21 Å². The van der Waals surface area contributed by atoms with E-state index < -0.39 is 0 Å². The molecule has 0 aliphatic carbocycles. The molecule has 4 rings (SSSR count). The Kier molecular flexibility index (Phi) is 3.49. The lowest BCUT2D eigenvalue weighted by molar-refractivity contribution is -0.131. The maximum atomic E-state index is 12.6. The molecule has 1 aliphatic rings. The minimum Gasteiger partial charge on any atom is -0.463 e. The number of furan rings is 1. The average molecular weight is 320 g/mol. The minimum absolute atomic E-state index is 0.00185. The zero-order chi connectivity index (χ0) is 16.5. The Labute approximate surface area is 138 Å². The molecule has 6 heteroatoms. The van der Waals surface area contributed by atoms with Gasteiger partial charge in [-0.15, -0.1) is 0 Å². The topological polar surface area (TPSA) is 85.2 Å². The van der Waals surface area contributed by atoms with Gasteiger partial charge in [-0.2, -0.15) is 0 Å². The third-order valence-electron chi connectivity index (χ3n) is 4.18. The minimum atomic E-state index is 0.00185. The first-order valence-corrected chi connectivity index (χ1v) is 7.69. The second-order valence-corrected chi connectivity index (χ2v) is 5.78. The van der Waals surface area contributed by atoms with Crippen LogP contribution in [-0.2, 0) is 24.3 Å². The van der Waals surface area contributed by atoms with Crippen molar-refractivity contribution in [2.45, 2.75) is 19.5 Å². The van der Waals surface area contributed by atoms with E-state index in [-0.39, 0.29) is 12.3 Å². The van der Waals surface area contributed by atoms with Crippen LogP contribution >= 0.6 is 0 Å². The van der Waals surface area contributed by atoms with E-state index in [1.807, 2.05) is 18.3 Å². The number of nitrogens with zero attached hydrogens (tertiary/aromatic N) is 3. The highest BCUT2D eigenvalue weighted by atomic mass is 16.3. The van der Waals surface area contributed by atoms with E-state index in [0.29, 0.717) is 35.9 Å². The Hall–Kier alpha value is -3.15. The van der Waals surface area contributed by atoms with Crippen molar-refractivity contribution in [3.8, 4) is 11.5 Å². The molecule has 1 aliphatic heterocycles. The summed E-state index contributed by atoms with van der Waals surface area (Å²) in [5, 5.41) is 0. The third-order valence-corrected chi connectivity index (χ3v) is 4.18. The molecular formula is C18H16N4O2. The smallest absolute Gasteiger partial charge is 0.229 e. The van der Waals surface area contributed by atoms with Crippen LogP contribution in [0.5, 0.6) is 0 Å². The molecule has 0 unspecified atom stereocenters. The number of nitrogens with two attached hydrogens (primary N) is 1. The first-order chi connectivity index (χ1) is 11.7. The van der Waals surface area contributed by atoms with E-state index in [4.69, 9.17) is 10.2 Å². The molecule has 120 valence electrons. The van der Waals surface area contributed by atoms with Crippen molar-refractivity contribution >= 4 is 11.6 Å². The first kappa shape index (κ1) is 14.4. The van der Waals surface area contributed by atoms with Crippen molar-refractivity contribution in [1.29, 1.82) is 0 Å². The Bertz CT molecular complexity index is 865. The quantitative estimate of drug-likeness (QED) is 0.801. The van der Waals surface area contributed by atoms with Crippen LogP contribution in [0.25, 0.3) is 11.5 Å². The van der Waals surface area contributed by atoms with Crippen molar-refractivity contribution in [2.24, 2.45) is 0 Å². The highest BCUT2D eigenvalue weighted by Crippen LogP contribution is 2.24. The fourth-order valence-electron chi connectivity index (χ4n) is 2.87. The molecule has 2 N–H and O–H groups in total. The molecule has 3 aromatic rings. The number of amides is 1. The zero-order valence-electron chi connectivity index (χ0n) is 13.0. The molecule has 0 fully saturated rings. The van der Waals surface area contributed by atoms with E-state index >= 15 is 0 Å². The van der Waals surface area contributed by atoms with Crippen LogP contribution in [0.2, 0.25) is 0 Å². The van der Waals surface area contributed by atoms with Gasteiger partial charge in [0.25, 0.3) is 0 Å². The van der Waals surface area contributed by atoms with Gasteiger partial charge >= 0.3 is 0 Å². The van der Waals surface area contributed by atoms with Crippen molar-refractivity contribution in [3.63, 3.8) is 0 Å². The predicted molar refractivity (Wildman–Crippen MR) is 88.5 cm³/mol. The van der Waals surface area contributed by atoms with Gasteiger partial charge in [0.05, 0.1) is 24.1 Å². The number of carbonyl (C=O) groups excluding carboxylic acids is 1. The molecule has 3 aromatic heterocycles. The number of pyridine rings is 2. The molecule has 4 heterocycles. The summed E-state index contributed by atoms with van der Waals surface area (Å²) in [7, 11) is 0. The summed E-state index contributed by atoms with van der Waals surface area (Å²) in [5.74, 6) is 0.658. The molecule has 0 saturated heterocycles. The monoisotopic (exact) mass is 320 g/mol. The van der Waals surface area contributed by atoms with Gasteiger partial charge in [-0.25, -0.2) is 4.98 Å². The largest absolute Gasteiger partial charge is 0.463 e. The molecule has 0 radical (unpaired) electrons. The van der Waals surface area contributed by atoms with Crippen LogP contribution in [0.15, 0.2) is 53.4 Å². The molecule has 0 saturated carbocycles. The van der Waals surface area contributed by atoms with Gasteiger partial charge in [0, 0.05) is 25.5 Å². The molecule has 6 nitrogen and oxygen atoms in total. The summed E-state index contributed by atoms with van der Waals surface area (Å²) in [6.07, 6.45) is 5.32. The maximum Gasteiger partial charge on any atom is 0.229 e. The summed E-state index contributed by atoms with van der Waals surface area (Å²) in [4.78, 5) is 23.0. The second kappa shape index (κ2) is 5.81. The molecule has 0 bridgehead atoms. The van der Waals surface area contributed by atoms with Gasteiger partial charge in [0.1, 0.15) is 5.69 Å². The number of hydrogen-bond acceptors (Lipinski definition) is 5. The normalized spacial score (nSPS) is 13.1. The number of nitrogen functional groups attached to an aromatic ring is 1. The predicted octanol–water partition coefficient (Wildman–Crippen LogP) is 2.40. The molecule has 1 amide bonds. The molecule has 24 heavy (non-hydrogen) atoms. The number of hydrogen-bond donors (Lipinski definition) is 1. The van der Waals surface area contributed by atoms with E-state index in [9.17, 15) is 4.79 Å². The van der Waals surface area contributed by atoms with Gasteiger partial charge in [-0.05, 0) is 41.5 Å². The number of carbonyl (C=O) groups is 1. The number of fused-ring (bicyclic) bond motifs is 1. The fraction of sp³-hybridized carbons (Fsp3) is 0.167.